The van der Waals surface area contributed by atoms with Crippen molar-refractivity contribution >= 4 is 27.5 Å². The summed E-state index contributed by atoms with van der Waals surface area (Å²) in [5.41, 5.74) is -0.325. The van der Waals surface area contributed by atoms with E-state index >= 15 is 0 Å². The molecule has 0 aromatic carbocycles. The monoisotopic (exact) mass is 210 g/mol. The fraction of sp³-hybridized carbons (Fsp3) is 0.125. The van der Waals surface area contributed by atoms with Crippen LogP contribution in [0.1, 0.15) is 10.6 Å². The Hall–Kier alpha value is -1.69. The topological polar surface area (TPSA) is 72.2 Å². The molecule has 0 aliphatic heterocycles. The Bertz CT molecular complexity index is 569. The summed E-state index contributed by atoms with van der Waals surface area (Å²) in [5, 5.41) is 10.9. The van der Waals surface area contributed by atoms with E-state index in [1.807, 2.05) is 0 Å². The highest BCUT2D eigenvalue weighted by Crippen LogP contribution is 2.14. The van der Waals surface area contributed by atoms with Gasteiger partial charge in [-0.15, -0.1) is 11.3 Å². The first-order valence-electron chi connectivity index (χ1n) is 3.79. The second-order valence-corrected chi connectivity index (χ2v) is 3.64. The third kappa shape index (κ3) is 1.12. The minimum Gasteiger partial charge on any atom is -0.475 e. The molecule has 6 heteroatoms. The molecule has 2 aromatic rings. The first-order chi connectivity index (χ1) is 6.61. The summed E-state index contributed by atoms with van der Waals surface area (Å²) in [6, 6.07) is 1.64. The molecule has 0 saturated heterocycles. The minimum atomic E-state index is -1.19. The van der Waals surface area contributed by atoms with Crippen LogP contribution in [-0.2, 0) is 7.05 Å². The lowest BCUT2D eigenvalue weighted by atomic mass is 10.4. The maximum absolute atomic E-state index is 11.6. The molecule has 0 amide bonds. The molecule has 0 aliphatic carbocycles. The number of nitrogens with zero attached hydrogens (tertiary/aromatic N) is 2. The molecule has 0 unspecified atom stereocenters. The highest BCUT2D eigenvalue weighted by Gasteiger charge is 2.13. The van der Waals surface area contributed by atoms with E-state index in [9.17, 15) is 9.59 Å². The molecule has 1 N–H and O–H groups in total. The maximum Gasteiger partial charge on any atom is 0.372 e. The molecular formula is C8H6N2O3S. The van der Waals surface area contributed by atoms with Gasteiger partial charge in [-0.2, -0.15) is 0 Å². The van der Waals surface area contributed by atoms with Crippen LogP contribution in [0.3, 0.4) is 0 Å². The summed E-state index contributed by atoms with van der Waals surface area (Å²) in [4.78, 5) is 26.6. The standard InChI is InChI=1S/C8H6N2O3S/c1-10-5(8(12)13)9-6-4(7(10)11)2-3-14-6/h2-3H,1H3,(H,12,13). The zero-order valence-corrected chi connectivity index (χ0v) is 8.04. The Labute approximate surface area is 82.2 Å². The maximum atomic E-state index is 11.6. The Morgan fingerprint density at radius 2 is 2.36 bits per heavy atom. The Kier molecular flexibility index (Phi) is 1.85. The number of carbonyl (C=O) groups is 1. The molecule has 14 heavy (non-hydrogen) atoms. The molecule has 0 saturated carbocycles. The van der Waals surface area contributed by atoms with Crippen molar-refractivity contribution in [3.05, 3.63) is 27.6 Å². The third-order valence-corrected chi connectivity index (χ3v) is 2.70. The van der Waals surface area contributed by atoms with Crippen molar-refractivity contribution in [1.82, 2.24) is 9.55 Å². The summed E-state index contributed by atoms with van der Waals surface area (Å²) in [6.45, 7) is 0. The van der Waals surface area contributed by atoms with Crippen LogP contribution < -0.4 is 5.56 Å². The van der Waals surface area contributed by atoms with Gasteiger partial charge in [0.05, 0.1) is 5.39 Å². The summed E-state index contributed by atoms with van der Waals surface area (Å²) in [5.74, 6) is -1.43. The van der Waals surface area contributed by atoms with Crippen LogP contribution in [0, 0.1) is 0 Å². The van der Waals surface area contributed by atoms with Crippen LogP contribution in [0.25, 0.3) is 10.2 Å². The highest BCUT2D eigenvalue weighted by atomic mass is 32.1. The first kappa shape index (κ1) is 8.89. The number of hydrogen-bond donors (Lipinski definition) is 1. The zero-order chi connectivity index (χ0) is 10.3. The molecule has 2 rings (SSSR count). The molecule has 0 aliphatic rings. The number of fused-ring (bicyclic) bond motifs is 1. The normalized spacial score (nSPS) is 10.6. The fourth-order valence-electron chi connectivity index (χ4n) is 1.19. The van der Waals surface area contributed by atoms with E-state index in [0.29, 0.717) is 10.2 Å². The molecule has 5 nitrogen and oxygen atoms in total. The molecule has 0 bridgehead atoms. The van der Waals surface area contributed by atoms with Crippen molar-refractivity contribution in [3.63, 3.8) is 0 Å². The highest BCUT2D eigenvalue weighted by molar-refractivity contribution is 7.16. The summed E-state index contributed by atoms with van der Waals surface area (Å²) in [6.07, 6.45) is 0. The summed E-state index contributed by atoms with van der Waals surface area (Å²) >= 11 is 1.25. The average Bonchev–Trinajstić information content (AvgIpc) is 2.58. The van der Waals surface area contributed by atoms with Gasteiger partial charge in [0.25, 0.3) is 5.56 Å². The van der Waals surface area contributed by atoms with E-state index in [-0.39, 0.29) is 11.4 Å². The van der Waals surface area contributed by atoms with Crippen molar-refractivity contribution in [1.29, 1.82) is 0 Å². The lowest BCUT2D eigenvalue weighted by Gasteiger charge is -2.01. The molecule has 0 radical (unpaired) electrons. The van der Waals surface area contributed by atoms with Crippen molar-refractivity contribution in [2.24, 2.45) is 7.05 Å². The lowest BCUT2D eigenvalue weighted by Crippen LogP contribution is -2.24. The third-order valence-electron chi connectivity index (χ3n) is 1.90. The van der Waals surface area contributed by atoms with Crippen LogP contribution in [-0.4, -0.2) is 20.6 Å². The zero-order valence-electron chi connectivity index (χ0n) is 7.22. The Morgan fingerprint density at radius 1 is 1.64 bits per heavy atom. The second-order valence-electron chi connectivity index (χ2n) is 2.74. The van der Waals surface area contributed by atoms with E-state index in [4.69, 9.17) is 5.11 Å². The first-order valence-corrected chi connectivity index (χ1v) is 4.66. The molecule has 72 valence electrons. The molecule has 0 spiro atoms. The van der Waals surface area contributed by atoms with Crippen LogP contribution >= 0.6 is 11.3 Å². The molecular weight excluding hydrogens is 204 g/mol. The summed E-state index contributed by atoms with van der Waals surface area (Å²) in [7, 11) is 1.40. The Balaban J connectivity index is 2.94. The molecule has 0 fully saturated rings. The smallest absolute Gasteiger partial charge is 0.372 e. The number of hydrogen-bond acceptors (Lipinski definition) is 4. The van der Waals surface area contributed by atoms with Gasteiger partial charge in [-0.1, -0.05) is 0 Å². The van der Waals surface area contributed by atoms with E-state index in [2.05, 4.69) is 4.98 Å². The van der Waals surface area contributed by atoms with Crippen molar-refractivity contribution < 1.29 is 9.90 Å². The minimum absolute atomic E-state index is 0.232. The second kappa shape index (κ2) is 2.91. The van der Waals surface area contributed by atoms with E-state index in [1.165, 1.54) is 18.4 Å². The number of carboxylic acid groups (broad SMARTS) is 1. The Morgan fingerprint density at radius 3 is 3.00 bits per heavy atom. The molecule has 0 atom stereocenters. The number of thiophene rings is 1. The van der Waals surface area contributed by atoms with Crippen molar-refractivity contribution in [2.75, 3.05) is 0 Å². The van der Waals surface area contributed by atoms with Gasteiger partial charge in [0.15, 0.2) is 0 Å². The lowest BCUT2D eigenvalue weighted by molar-refractivity contribution is 0.0678. The van der Waals surface area contributed by atoms with Crippen LogP contribution in [0.4, 0.5) is 0 Å². The van der Waals surface area contributed by atoms with E-state index < -0.39 is 5.97 Å². The predicted octanol–water partition coefficient (Wildman–Crippen LogP) is 0.693. The summed E-state index contributed by atoms with van der Waals surface area (Å²) < 4.78 is 1.04. The SMILES string of the molecule is Cn1c(C(=O)O)nc2sccc2c1=O. The fourth-order valence-corrected chi connectivity index (χ4v) is 1.94. The predicted molar refractivity (Wildman–Crippen MR) is 51.8 cm³/mol. The van der Waals surface area contributed by atoms with Gasteiger partial charge in [-0.05, 0) is 11.4 Å². The van der Waals surface area contributed by atoms with Gasteiger partial charge < -0.3 is 5.11 Å². The number of aromatic carboxylic acids is 1. The van der Waals surface area contributed by atoms with Crippen molar-refractivity contribution in [3.8, 4) is 0 Å². The van der Waals surface area contributed by atoms with Gasteiger partial charge in [0.2, 0.25) is 5.82 Å². The van der Waals surface area contributed by atoms with Crippen LogP contribution in [0.5, 0.6) is 0 Å². The average molecular weight is 210 g/mol. The van der Waals surface area contributed by atoms with Gasteiger partial charge in [-0.3, -0.25) is 9.36 Å². The van der Waals surface area contributed by atoms with Crippen LogP contribution in [0.15, 0.2) is 16.2 Å². The van der Waals surface area contributed by atoms with Gasteiger partial charge in [0, 0.05) is 7.05 Å². The van der Waals surface area contributed by atoms with Crippen LogP contribution in [0.2, 0.25) is 0 Å². The molecule has 2 aromatic heterocycles. The van der Waals surface area contributed by atoms with Crippen molar-refractivity contribution in [2.45, 2.75) is 0 Å². The van der Waals surface area contributed by atoms with Gasteiger partial charge >= 0.3 is 5.97 Å². The van der Waals surface area contributed by atoms with E-state index in [0.717, 1.165) is 4.57 Å². The van der Waals surface area contributed by atoms with Gasteiger partial charge in [-0.25, -0.2) is 9.78 Å². The number of aromatic nitrogens is 2. The molecule has 2 heterocycles. The number of rotatable bonds is 1. The number of carboxylic acids is 1. The quantitative estimate of drug-likeness (QED) is 0.751. The van der Waals surface area contributed by atoms with E-state index in [1.54, 1.807) is 11.4 Å². The van der Waals surface area contributed by atoms with Gasteiger partial charge in [0.1, 0.15) is 4.83 Å². The largest absolute Gasteiger partial charge is 0.475 e.